The molecule has 0 aromatic heterocycles. The van der Waals surface area contributed by atoms with Crippen LogP contribution >= 0.6 is 0 Å². The van der Waals surface area contributed by atoms with Gasteiger partial charge in [-0.15, -0.1) is 0 Å². The maximum atomic E-state index is 8.96. The molecule has 1 aliphatic heterocycles. The molecule has 0 saturated heterocycles. The number of rotatable bonds is 7. The standard InChI is InChI=1S/C14H22N2O2/c17-9-7-16(8-10-18)6-4-12-1-2-14-13(11-12)3-5-15-14/h1-2,11,15,17-18H,3-10H2. The minimum Gasteiger partial charge on any atom is -0.395 e. The Kier molecular flexibility index (Phi) is 4.99. The van der Waals surface area contributed by atoms with Crippen LogP contribution in [0.1, 0.15) is 11.1 Å². The summed E-state index contributed by atoms with van der Waals surface area (Å²) in [6.45, 7) is 3.48. The second-order valence-electron chi connectivity index (χ2n) is 4.71. The van der Waals surface area contributed by atoms with E-state index in [1.807, 2.05) is 0 Å². The summed E-state index contributed by atoms with van der Waals surface area (Å²) in [6.07, 6.45) is 2.08. The van der Waals surface area contributed by atoms with Gasteiger partial charge in [0.1, 0.15) is 0 Å². The molecule has 0 spiro atoms. The molecule has 0 radical (unpaired) electrons. The van der Waals surface area contributed by atoms with Gasteiger partial charge >= 0.3 is 0 Å². The fourth-order valence-corrected chi connectivity index (χ4v) is 2.42. The van der Waals surface area contributed by atoms with E-state index < -0.39 is 0 Å². The lowest BCUT2D eigenvalue weighted by Gasteiger charge is -2.20. The highest BCUT2D eigenvalue weighted by Crippen LogP contribution is 2.23. The van der Waals surface area contributed by atoms with Crippen LogP contribution in [0.15, 0.2) is 18.2 Å². The Labute approximate surface area is 108 Å². The van der Waals surface area contributed by atoms with E-state index >= 15 is 0 Å². The molecule has 100 valence electrons. The van der Waals surface area contributed by atoms with E-state index in [2.05, 4.69) is 28.4 Å². The predicted octanol–water partition coefficient (Wildman–Crippen LogP) is 0.484. The fourth-order valence-electron chi connectivity index (χ4n) is 2.42. The zero-order valence-electron chi connectivity index (χ0n) is 10.7. The topological polar surface area (TPSA) is 55.7 Å². The Bertz CT molecular complexity index is 376. The maximum absolute atomic E-state index is 8.96. The van der Waals surface area contributed by atoms with Gasteiger partial charge in [-0.3, -0.25) is 4.90 Å². The molecule has 4 nitrogen and oxygen atoms in total. The monoisotopic (exact) mass is 250 g/mol. The Morgan fingerprint density at radius 2 is 1.89 bits per heavy atom. The van der Waals surface area contributed by atoms with Crippen LogP contribution in [0, 0.1) is 0 Å². The van der Waals surface area contributed by atoms with Crippen molar-refractivity contribution in [2.24, 2.45) is 0 Å². The molecular formula is C14H22N2O2. The minimum atomic E-state index is 0.147. The van der Waals surface area contributed by atoms with E-state index in [9.17, 15) is 0 Å². The third kappa shape index (κ3) is 3.45. The summed E-state index contributed by atoms with van der Waals surface area (Å²) in [7, 11) is 0. The molecule has 0 saturated carbocycles. The highest BCUT2D eigenvalue weighted by atomic mass is 16.3. The minimum absolute atomic E-state index is 0.147. The summed E-state index contributed by atoms with van der Waals surface area (Å²) >= 11 is 0. The zero-order chi connectivity index (χ0) is 12.8. The molecule has 1 aromatic rings. The molecule has 2 rings (SSSR count). The molecule has 0 unspecified atom stereocenters. The van der Waals surface area contributed by atoms with Crippen LogP contribution in [0.4, 0.5) is 5.69 Å². The maximum Gasteiger partial charge on any atom is 0.0558 e. The molecule has 1 aliphatic rings. The van der Waals surface area contributed by atoms with Gasteiger partial charge in [0.05, 0.1) is 13.2 Å². The highest BCUT2D eigenvalue weighted by Gasteiger charge is 2.10. The second kappa shape index (κ2) is 6.73. The van der Waals surface area contributed by atoms with E-state index in [1.165, 1.54) is 16.8 Å². The lowest BCUT2D eigenvalue weighted by atomic mass is 10.1. The number of benzene rings is 1. The van der Waals surface area contributed by atoms with Crippen molar-refractivity contribution in [2.45, 2.75) is 12.8 Å². The van der Waals surface area contributed by atoms with Crippen molar-refractivity contribution in [3.05, 3.63) is 29.3 Å². The number of anilines is 1. The zero-order valence-corrected chi connectivity index (χ0v) is 10.7. The first-order valence-electron chi connectivity index (χ1n) is 6.63. The van der Waals surface area contributed by atoms with Crippen molar-refractivity contribution >= 4 is 5.69 Å². The molecule has 0 atom stereocenters. The van der Waals surface area contributed by atoms with Crippen molar-refractivity contribution in [3.63, 3.8) is 0 Å². The summed E-state index contributed by atoms with van der Waals surface area (Å²) in [5.74, 6) is 0. The van der Waals surface area contributed by atoms with Crippen molar-refractivity contribution < 1.29 is 10.2 Å². The number of nitrogens with zero attached hydrogens (tertiary/aromatic N) is 1. The summed E-state index contributed by atoms with van der Waals surface area (Å²) in [5.41, 5.74) is 4.00. The van der Waals surface area contributed by atoms with E-state index in [1.54, 1.807) is 0 Å². The van der Waals surface area contributed by atoms with Crippen molar-refractivity contribution in [1.82, 2.24) is 4.90 Å². The molecular weight excluding hydrogens is 228 g/mol. The third-order valence-electron chi connectivity index (χ3n) is 3.43. The van der Waals surface area contributed by atoms with Gasteiger partial charge in [-0.2, -0.15) is 0 Å². The lowest BCUT2D eigenvalue weighted by Crippen LogP contribution is -2.31. The second-order valence-corrected chi connectivity index (χ2v) is 4.71. The third-order valence-corrected chi connectivity index (χ3v) is 3.43. The predicted molar refractivity (Wildman–Crippen MR) is 73.0 cm³/mol. The Hall–Kier alpha value is -1.10. The SMILES string of the molecule is OCCN(CCO)CCc1ccc2c(c1)CCN2. The molecule has 0 fully saturated rings. The Morgan fingerprint density at radius 3 is 2.61 bits per heavy atom. The van der Waals surface area contributed by atoms with Gasteiger partial charge in [-0.1, -0.05) is 12.1 Å². The van der Waals surface area contributed by atoms with E-state index in [0.29, 0.717) is 13.1 Å². The van der Waals surface area contributed by atoms with Crippen LogP contribution < -0.4 is 5.32 Å². The summed E-state index contributed by atoms with van der Waals surface area (Å²) in [4.78, 5) is 2.09. The number of hydrogen-bond donors (Lipinski definition) is 3. The molecule has 1 heterocycles. The summed E-state index contributed by atoms with van der Waals surface area (Å²) < 4.78 is 0. The molecule has 4 heteroatoms. The molecule has 0 aliphatic carbocycles. The number of aliphatic hydroxyl groups is 2. The van der Waals surface area contributed by atoms with E-state index in [0.717, 1.165) is 25.9 Å². The Balaban J connectivity index is 1.88. The number of hydrogen-bond acceptors (Lipinski definition) is 4. The quantitative estimate of drug-likeness (QED) is 0.659. The van der Waals surface area contributed by atoms with Crippen molar-refractivity contribution in [3.8, 4) is 0 Å². The Morgan fingerprint density at radius 1 is 1.11 bits per heavy atom. The van der Waals surface area contributed by atoms with E-state index in [-0.39, 0.29) is 13.2 Å². The van der Waals surface area contributed by atoms with Gasteiger partial charge in [0, 0.05) is 31.9 Å². The average Bonchev–Trinajstić information content (AvgIpc) is 2.84. The van der Waals surface area contributed by atoms with Gasteiger partial charge in [0.2, 0.25) is 0 Å². The summed E-state index contributed by atoms with van der Waals surface area (Å²) in [5, 5.41) is 21.3. The molecule has 18 heavy (non-hydrogen) atoms. The first kappa shape index (κ1) is 13.3. The summed E-state index contributed by atoms with van der Waals surface area (Å²) in [6, 6.07) is 6.58. The van der Waals surface area contributed by atoms with Crippen molar-refractivity contribution in [1.29, 1.82) is 0 Å². The molecule has 0 amide bonds. The molecule has 0 bridgehead atoms. The smallest absolute Gasteiger partial charge is 0.0558 e. The van der Waals surface area contributed by atoms with Crippen LogP contribution in [-0.2, 0) is 12.8 Å². The van der Waals surface area contributed by atoms with Gasteiger partial charge in [0.15, 0.2) is 0 Å². The van der Waals surface area contributed by atoms with Gasteiger partial charge in [-0.25, -0.2) is 0 Å². The number of fused-ring (bicyclic) bond motifs is 1. The van der Waals surface area contributed by atoms with Crippen LogP contribution in [0.25, 0.3) is 0 Å². The fraction of sp³-hybridized carbons (Fsp3) is 0.571. The molecule has 1 aromatic carbocycles. The molecule has 3 N–H and O–H groups in total. The lowest BCUT2D eigenvalue weighted by molar-refractivity contribution is 0.162. The number of nitrogens with one attached hydrogen (secondary N) is 1. The van der Waals surface area contributed by atoms with E-state index in [4.69, 9.17) is 10.2 Å². The van der Waals surface area contributed by atoms with Crippen LogP contribution in [0.2, 0.25) is 0 Å². The largest absolute Gasteiger partial charge is 0.395 e. The van der Waals surface area contributed by atoms with Crippen LogP contribution in [0.3, 0.4) is 0 Å². The van der Waals surface area contributed by atoms with Gasteiger partial charge in [-0.05, 0) is 30.0 Å². The van der Waals surface area contributed by atoms with Crippen molar-refractivity contribution in [2.75, 3.05) is 44.7 Å². The first-order chi connectivity index (χ1) is 8.83. The number of aliphatic hydroxyl groups excluding tert-OH is 2. The normalized spacial score (nSPS) is 13.7. The van der Waals surface area contributed by atoms with Gasteiger partial charge < -0.3 is 15.5 Å². The average molecular weight is 250 g/mol. The highest BCUT2D eigenvalue weighted by molar-refractivity contribution is 5.56. The van der Waals surface area contributed by atoms with Gasteiger partial charge in [0.25, 0.3) is 0 Å². The van der Waals surface area contributed by atoms with Crippen LogP contribution in [0.5, 0.6) is 0 Å². The first-order valence-corrected chi connectivity index (χ1v) is 6.63. The van der Waals surface area contributed by atoms with Crippen LogP contribution in [-0.4, -0.2) is 54.5 Å².